The summed E-state index contributed by atoms with van der Waals surface area (Å²) in [4.78, 5) is 14.4. The fourth-order valence-electron chi connectivity index (χ4n) is 2.87. The molecule has 20 heavy (non-hydrogen) atoms. The van der Waals surface area contributed by atoms with Gasteiger partial charge < -0.3 is 11.1 Å². The number of hydrogen-bond acceptors (Lipinski definition) is 3. The van der Waals surface area contributed by atoms with Gasteiger partial charge in [0.15, 0.2) is 0 Å². The molecule has 4 nitrogen and oxygen atoms in total. The summed E-state index contributed by atoms with van der Waals surface area (Å²) >= 11 is 0. The molecule has 0 heterocycles. The highest BCUT2D eigenvalue weighted by atomic mass is 16.1. The molecule has 0 aromatic heterocycles. The minimum absolute atomic E-state index is 0.243. The molecule has 1 fully saturated rings. The normalized spacial score (nSPS) is 20.1. The number of carbonyl (C=O) groups excluding carboxylic acids is 1. The molecule has 0 spiro atoms. The molecule has 2 atom stereocenters. The molecule has 0 aliphatic heterocycles. The van der Waals surface area contributed by atoms with Crippen LogP contribution in [0, 0.1) is 5.92 Å². The summed E-state index contributed by atoms with van der Waals surface area (Å²) in [5.74, 6) is 0.621. The van der Waals surface area contributed by atoms with E-state index in [9.17, 15) is 4.79 Å². The second-order valence-corrected chi connectivity index (χ2v) is 6.91. The number of nitrogens with zero attached hydrogens (tertiary/aromatic N) is 1. The number of rotatable bonds is 10. The van der Waals surface area contributed by atoms with Crippen LogP contribution in [0.3, 0.4) is 0 Å². The smallest absolute Gasteiger partial charge is 0.237 e. The summed E-state index contributed by atoms with van der Waals surface area (Å²) in [5, 5.41) is 3.34. The van der Waals surface area contributed by atoms with Gasteiger partial charge in [-0.25, -0.2) is 0 Å². The second kappa shape index (κ2) is 7.41. The van der Waals surface area contributed by atoms with Crippen LogP contribution in [0.4, 0.5) is 0 Å². The van der Waals surface area contributed by atoms with Gasteiger partial charge in [-0.05, 0) is 65.8 Å². The van der Waals surface area contributed by atoms with Crippen molar-refractivity contribution in [1.29, 1.82) is 0 Å². The van der Waals surface area contributed by atoms with Crippen molar-refractivity contribution >= 4 is 5.91 Å². The average Bonchev–Trinajstić information content (AvgIpc) is 3.16. The molecule has 1 amide bonds. The van der Waals surface area contributed by atoms with Gasteiger partial charge in [0, 0.05) is 18.6 Å². The summed E-state index contributed by atoms with van der Waals surface area (Å²) in [5.41, 5.74) is 5.02. The predicted molar refractivity (Wildman–Crippen MR) is 84.5 cm³/mol. The number of primary amides is 1. The fourth-order valence-corrected chi connectivity index (χ4v) is 2.87. The molecular formula is C16H33N3O. The molecule has 0 saturated heterocycles. The first kappa shape index (κ1) is 17.4. The zero-order valence-electron chi connectivity index (χ0n) is 13.9. The van der Waals surface area contributed by atoms with Crippen LogP contribution in [-0.4, -0.2) is 41.5 Å². The van der Waals surface area contributed by atoms with Crippen molar-refractivity contribution in [2.24, 2.45) is 11.7 Å². The van der Waals surface area contributed by atoms with Gasteiger partial charge >= 0.3 is 0 Å². The zero-order chi connectivity index (χ0) is 15.3. The fraction of sp³-hybridized carbons (Fsp3) is 0.938. The first-order chi connectivity index (χ1) is 9.30. The van der Waals surface area contributed by atoms with Gasteiger partial charge in [-0.1, -0.05) is 6.92 Å². The monoisotopic (exact) mass is 283 g/mol. The van der Waals surface area contributed by atoms with E-state index in [-0.39, 0.29) is 5.91 Å². The molecule has 1 aliphatic rings. The lowest BCUT2D eigenvalue weighted by molar-refractivity contribution is -0.124. The summed E-state index contributed by atoms with van der Waals surface area (Å²) in [6.07, 6.45) is 4.49. The summed E-state index contributed by atoms with van der Waals surface area (Å²) < 4.78 is 0. The Hall–Kier alpha value is -0.610. The van der Waals surface area contributed by atoms with Gasteiger partial charge in [-0.3, -0.25) is 9.69 Å². The molecule has 4 heteroatoms. The molecule has 0 aromatic carbocycles. The standard InChI is InChI=1S/C16H33N3O/c1-6-9-18-16(5,15(17)20)10-13(4)19(12(2)3)11-14-7-8-14/h12-14,18H,6-11H2,1-5H3,(H2,17,20). The van der Waals surface area contributed by atoms with Crippen LogP contribution in [-0.2, 0) is 4.79 Å². The third-order valence-corrected chi connectivity index (χ3v) is 4.41. The van der Waals surface area contributed by atoms with Crippen LogP contribution in [0.25, 0.3) is 0 Å². The van der Waals surface area contributed by atoms with E-state index >= 15 is 0 Å². The lowest BCUT2D eigenvalue weighted by Crippen LogP contribution is -2.57. The Bertz CT molecular complexity index is 315. The number of amides is 1. The van der Waals surface area contributed by atoms with Crippen molar-refractivity contribution in [3.63, 3.8) is 0 Å². The zero-order valence-corrected chi connectivity index (χ0v) is 13.9. The van der Waals surface area contributed by atoms with Gasteiger partial charge in [-0.2, -0.15) is 0 Å². The Kier molecular flexibility index (Phi) is 6.46. The van der Waals surface area contributed by atoms with E-state index in [1.54, 1.807) is 0 Å². The van der Waals surface area contributed by atoms with Crippen molar-refractivity contribution in [1.82, 2.24) is 10.2 Å². The van der Waals surface area contributed by atoms with E-state index in [0.29, 0.717) is 12.1 Å². The lowest BCUT2D eigenvalue weighted by Gasteiger charge is -2.38. The topological polar surface area (TPSA) is 58.4 Å². The first-order valence-electron chi connectivity index (χ1n) is 8.10. The molecule has 0 radical (unpaired) electrons. The van der Waals surface area contributed by atoms with Crippen LogP contribution >= 0.6 is 0 Å². The second-order valence-electron chi connectivity index (χ2n) is 6.91. The van der Waals surface area contributed by atoms with Crippen molar-refractivity contribution in [3.05, 3.63) is 0 Å². The molecule has 0 aromatic rings. The lowest BCUT2D eigenvalue weighted by atomic mass is 9.91. The highest BCUT2D eigenvalue weighted by Gasteiger charge is 2.35. The molecule has 1 rings (SSSR count). The number of carbonyl (C=O) groups is 1. The van der Waals surface area contributed by atoms with E-state index in [2.05, 4.69) is 37.9 Å². The van der Waals surface area contributed by atoms with Crippen molar-refractivity contribution in [3.8, 4) is 0 Å². The minimum Gasteiger partial charge on any atom is -0.368 e. The molecule has 1 saturated carbocycles. The van der Waals surface area contributed by atoms with E-state index in [0.717, 1.165) is 31.8 Å². The highest BCUT2D eigenvalue weighted by molar-refractivity contribution is 5.84. The largest absolute Gasteiger partial charge is 0.368 e. The first-order valence-corrected chi connectivity index (χ1v) is 8.10. The number of hydrogen-bond donors (Lipinski definition) is 2. The maximum absolute atomic E-state index is 11.8. The van der Waals surface area contributed by atoms with E-state index in [1.807, 2.05) is 6.92 Å². The van der Waals surface area contributed by atoms with Crippen LogP contribution in [0.15, 0.2) is 0 Å². The van der Waals surface area contributed by atoms with Gasteiger partial charge in [0.1, 0.15) is 0 Å². The Labute approximate surface area is 124 Å². The van der Waals surface area contributed by atoms with Crippen molar-refractivity contribution < 1.29 is 4.79 Å². The Balaban J connectivity index is 2.66. The van der Waals surface area contributed by atoms with Crippen molar-refractivity contribution in [2.75, 3.05) is 13.1 Å². The molecule has 2 unspecified atom stereocenters. The van der Waals surface area contributed by atoms with E-state index in [4.69, 9.17) is 5.73 Å². The van der Waals surface area contributed by atoms with Crippen LogP contribution in [0.2, 0.25) is 0 Å². The van der Waals surface area contributed by atoms with Crippen LogP contribution in [0.1, 0.15) is 60.3 Å². The Morgan fingerprint density at radius 2 is 2.00 bits per heavy atom. The average molecular weight is 283 g/mol. The number of nitrogens with two attached hydrogens (primary N) is 1. The molecular weight excluding hydrogens is 250 g/mol. The third-order valence-electron chi connectivity index (χ3n) is 4.41. The number of nitrogens with one attached hydrogen (secondary N) is 1. The summed E-state index contributed by atoms with van der Waals surface area (Å²) in [6, 6.07) is 0.867. The maximum Gasteiger partial charge on any atom is 0.237 e. The summed E-state index contributed by atoms with van der Waals surface area (Å²) in [7, 11) is 0. The van der Waals surface area contributed by atoms with Gasteiger partial charge in [0.25, 0.3) is 0 Å². The Morgan fingerprint density at radius 3 is 2.40 bits per heavy atom. The van der Waals surface area contributed by atoms with Gasteiger partial charge in [-0.15, -0.1) is 0 Å². The Morgan fingerprint density at radius 1 is 1.40 bits per heavy atom. The quantitative estimate of drug-likeness (QED) is 0.646. The maximum atomic E-state index is 11.8. The van der Waals surface area contributed by atoms with Gasteiger partial charge in [0.2, 0.25) is 5.91 Å². The van der Waals surface area contributed by atoms with Crippen LogP contribution in [0.5, 0.6) is 0 Å². The predicted octanol–water partition coefficient (Wildman–Crippen LogP) is 2.13. The third kappa shape index (κ3) is 5.06. The van der Waals surface area contributed by atoms with Crippen molar-refractivity contribution in [2.45, 2.75) is 77.9 Å². The highest BCUT2D eigenvalue weighted by Crippen LogP contribution is 2.32. The van der Waals surface area contributed by atoms with Crippen LogP contribution < -0.4 is 11.1 Å². The van der Waals surface area contributed by atoms with Gasteiger partial charge in [0.05, 0.1) is 5.54 Å². The summed E-state index contributed by atoms with van der Waals surface area (Å²) in [6.45, 7) is 12.7. The molecule has 118 valence electrons. The minimum atomic E-state index is -0.605. The molecule has 3 N–H and O–H groups in total. The molecule has 0 bridgehead atoms. The SMILES string of the molecule is CCCNC(C)(CC(C)N(CC1CC1)C(C)C)C(N)=O. The van der Waals surface area contributed by atoms with E-state index in [1.165, 1.54) is 12.8 Å². The van der Waals surface area contributed by atoms with E-state index < -0.39 is 5.54 Å². The molecule has 1 aliphatic carbocycles.